The number of carbonyl (C=O) groups is 2. The Bertz CT molecular complexity index is 783. The van der Waals surface area contributed by atoms with Crippen LogP contribution in [0.25, 0.3) is 0 Å². The number of nitrogens with two attached hydrogens (primary N) is 2. The largest absolute Gasteiger partial charge is 0.383 e. The van der Waals surface area contributed by atoms with Gasteiger partial charge in [-0.15, -0.1) is 0 Å². The maximum Gasteiger partial charge on any atom is 0.271 e. The van der Waals surface area contributed by atoms with Crippen molar-refractivity contribution in [2.75, 3.05) is 18.8 Å². The molecule has 2 aromatic rings. The van der Waals surface area contributed by atoms with Crippen molar-refractivity contribution in [2.45, 2.75) is 25.8 Å². The van der Waals surface area contributed by atoms with Crippen LogP contribution in [0.5, 0.6) is 0 Å². The molecule has 0 saturated carbocycles. The first-order valence-corrected chi connectivity index (χ1v) is 7.94. The number of rotatable bonds is 3. The van der Waals surface area contributed by atoms with Crippen molar-refractivity contribution < 1.29 is 9.59 Å². The van der Waals surface area contributed by atoms with Gasteiger partial charge in [0.2, 0.25) is 0 Å². The van der Waals surface area contributed by atoms with Gasteiger partial charge in [-0.25, -0.2) is 4.98 Å². The van der Waals surface area contributed by atoms with E-state index in [0.717, 1.165) is 18.5 Å². The highest BCUT2D eigenvalue weighted by atomic mass is 16.2. The number of imidazole rings is 1. The molecule has 0 bridgehead atoms. The maximum absolute atomic E-state index is 12.6. The average Bonchev–Trinajstić information content (AvgIpc) is 3.11. The minimum Gasteiger partial charge on any atom is -0.383 e. The van der Waals surface area contributed by atoms with Gasteiger partial charge in [-0.3, -0.25) is 9.59 Å². The van der Waals surface area contributed by atoms with E-state index < -0.39 is 5.91 Å². The highest BCUT2D eigenvalue weighted by molar-refractivity contribution is 5.95. The molecule has 1 fully saturated rings. The predicted octanol–water partition coefficient (Wildman–Crippen LogP) is 0.688. The van der Waals surface area contributed by atoms with Gasteiger partial charge in [0, 0.05) is 31.9 Å². The number of aromatic nitrogens is 3. The Morgan fingerprint density at radius 1 is 1.25 bits per heavy atom. The lowest BCUT2D eigenvalue weighted by atomic mass is 10.0. The van der Waals surface area contributed by atoms with E-state index in [1.807, 2.05) is 35.6 Å². The topological polar surface area (TPSA) is 112 Å². The van der Waals surface area contributed by atoms with Crippen molar-refractivity contribution in [1.29, 1.82) is 0 Å². The predicted molar refractivity (Wildman–Crippen MR) is 89.5 cm³/mol. The minimum atomic E-state index is -0.627. The van der Waals surface area contributed by atoms with Crippen molar-refractivity contribution in [3.63, 3.8) is 0 Å². The molecule has 0 unspecified atom stereocenters. The summed E-state index contributed by atoms with van der Waals surface area (Å²) in [6.07, 6.45) is 3.07. The highest BCUT2D eigenvalue weighted by Gasteiger charge is 2.27. The zero-order valence-corrected chi connectivity index (χ0v) is 13.9. The zero-order valence-electron chi connectivity index (χ0n) is 13.9. The summed E-state index contributed by atoms with van der Waals surface area (Å²) in [6, 6.07) is 3.92. The molecule has 0 aromatic carbocycles. The Balaban J connectivity index is 1.69. The van der Waals surface area contributed by atoms with Crippen LogP contribution < -0.4 is 11.5 Å². The van der Waals surface area contributed by atoms with E-state index in [-0.39, 0.29) is 17.6 Å². The molecule has 1 saturated heterocycles. The molecule has 1 aliphatic heterocycles. The molecular weight excluding hydrogens is 308 g/mol. The third kappa shape index (κ3) is 2.64. The average molecular weight is 330 g/mol. The fourth-order valence-electron chi connectivity index (χ4n) is 3.19. The van der Waals surface area contributed by atoms with Gasteiger partial charge in [0.1, 0.15) is 11.5 Å². The summed E-state index contributed by atoms with van der Waals surface area (Å²) in [7, 11) is 1.90. The number of hydrogen-bond acceptors (Lipinski definition) is 4. The number of aryl methyl sites for hydroxylation is 1. The highest BCUT2D eigenvalue weighted by Crippen LogP contribution is 2.27. The molecular formula is C16H22N6O2. The number of primary amides is 1. The van der Waals surface area contributed by atoms with Gasteiger partial charge in [-0.2, -0.15) is 0 Å². The standard InChI is InChI=1S/C16H22N6O2/c1-10-3-4-12(20(10)2)16(24)21-7-5-11(6-8-21)22-9-19-13(14(22)17)15(18)23/h3-4,9,11H,5-8,17H2,1-2H3,(H2,18,23). The second-order valence-electron chi connectivity index (χ2n) is 6.19. The number of carbonyl (C=O) groups excluding carboxylic acids is 2. The first-order chi connectivity index (χ1) is 11.4. The maximum atomic E-state index is 12.6. The van der Waals surface area contributed by atoms with E-state index in [1.165, 1.54) is 0 Å². The summed E-state index contributed by atoms with van der Waals surface area (Å²) in [5, 5.41) is 0. The summed E-state index contributed by atoms with van der Waals surface area (Å²) in [5.74, 6) is -0.288. The van der Waals surface area contributed by atoms with Gasteiger partial charge in [-0.05, 0) is 31.9 Å². The molecule has 0 radical (unpaired) electrons. The van der Waals surface area contributed by atoms with E-state index in [2.05, 4.69) is 4.98 Å². The summed E-state index contributed by atoms with van der Waals surface area (Å²) in [4.78, 5) is 29.7. The van der Waals surface area contributed by atoms with Crippen molar-refractivity contribution >= 4 is 17.6 Å². The lowest BCUT2D eigenvalue weighted by Gasteiger charge is -2.33. The van der Waals surface area contributed by atoms with Crippen LogP contribution >= 0.6 is 0 Å². The van der Waals surface area contributed by atoms with E-state index in [4.69, 9.17) is 11.5 Å². The van der Waals surface area contributed by atoms with E-state index in [0.29, 0.717) is 24.6 Å². The number of amides is 2. The number of anilines is 1. The zero-order chi connectivity index (χ0) is 17.4. The first-order valence-electron chi connectivity index (χ1n) is 7.94. The fourth-order valence-corrected chi connectivity index (χ4v) is 3.19. The summed E-state index contributed by atoms with van der Waals surface area (Å²) in [5.41, 5.74) is 13.1. The van der Waals surface area contributed by atoms with Crippen LogP contribution in [0.3, 0.4) is 0 Å². The second-order valence-corrected chi connectivity index (χ2v) is 6.19. The normalized spacial score (nSPS) is 15.7. The lowest BCUT2D eigenvalue weighted by Crippen LogP contribution is -2.39. The summed E-state index contributed by atoms with van der Waals surface area (Å²) in [6.45, 7) is 3.25. The van der Waals surface area contributed by atoms with Crippen LogP contribution in [0, 0.1) is 6.92 Å². The third-order valence-corrected chi connectivity index (χ3v) is 4.80. The van der Waals surface area contributed by atoms with Crippen LogP contribution in [0.1, 0.15) is 45.6 Å². The molecule has 8 nitrogen and oxygen atoms in total. The van der Waals surface area contributed by atoms with Crippen molar-refractivity contribution in [3.05, 3.63) is 35.5 Å². The number of hydrogen-bond donors (Lipinski definition) is 2. The van der Waals surface area contributed by atoms with Gasteiger partial charge in [0.25, 0.3) is 11.8 Å². The van der Waals surface area contributed by atoms with Crippen LogP contribution in [-0.4, -0.2) is 43.9 Å². The fraction of sp³-hybridized carbons (Fsp3) is 0.438. The van der Waals surface area contributed by atoms with E-state index in [1.54, 1.807) is 10.9 Å². The smallest absolute Gasteiger partial charge is 0.271 e. The lowest BCUT2D eigenvalue weighted by molar-refractivity contribution is 0.0685. The molecule has 1 aliphatic rings. The Kier molecular flexibility index (Phi) is 4.04. The van der Waals surface area contributed by atoms with Crippen LogP contribution in [0.15, 0.2) is 18.5 Å². The molecule has 2 aromatic heterocycles. The molecule has 3 rings (SSSR count). The molecule has 128 valence electrons. The van der Waals surface area contributed by atoms with Crippen LogP contribution in [-0.2, 0) is 7.05 Å². The molecule has 4 N–H and O–H groups in total. The summed E-state index contributed by atoms with van der Waals surface area (Å²) < 4.78 is 3.69. The van der Waals surface area contributed by atoms with E-state index >= 15 is 0 Å². The Morgan fingerprint density at radius 3 is 2.42 bits per heavy atom. The van der Waals surface area contributed by atoms with Gasteiger partial charge in [-0.1, -0.05) is 0 Å². The van der Waals surface area contributed by atoms with Gasteiger partial charge < -0.3 is 25.5 Å². The second kappa shape index (κ2) is 6.03. The van der Waals surface area contributed by atoms with E-state index in [9.17, 15) is 9.59 Å². The van der Waals surface area contributed by atoms with Gasteiger partial charge in [0.05, 0.1) is 6.33 Å². The first kappa shape index (κ1) is 16.1. The van der Waals surface area contributed by atoms with Crippen LogP contribution in [0.4, 0.5) is 5.82 Å². The number of nitrogen functional groups attached to an aromatic ring is 1. The Morgan fingerprint density at radius 2 is 1.92 bits per heavy atom. The Labute approximate surface area is 140 Å². The molecule has 3 heterocycles. The van der Waals surface area contributed by atoms with Crippen molar-refractivity contribution in [1.82, 2.24) is 19.0 Å². The third-order valence-electron chi connectivity index (χ3n) is 4.80. The summed E-state index contributed by atoms with van der Waals surface area (Å²) >= 11 is 0. The molecule has 0 atom stereocenters. The van der Waals surface area contributed by atoms with Gasteiger partial charge >= 0.3 is 0 Å². The van der Waals surface area contributed by atoms with Gasteiger partial charge in [0.15, 0.2) is 5.69 Å². The number of piperidine rings is 1. The van der Waals surface area contributed by atoms with Crippen molar-refractivity contribution in [3.8, 4) is 0 Å². The monoisotopic (exact) mass is 330 g/mol. The molecule has 2 amide bonds. The quantitative estimate of drug-likeness (QED) is 0.862. The molecule has 24 heavy (non-hydrogen) atoms. The number of likely N-dealkylation sites (tertiary alicyclic amines) is 1. The molecule has 0 aliphatic carbocycles. The SMILES string of the molecule is Cc1ccc(C(=O)N2CCC(n3cnc(C(N)=O)c3N)CC2)n1C. The minimum absolute atomic E-state index is 0.0421. The van der Waals surface area contributed by atoms with Crippen LogP contribution in [0.2, 0.25) is 0 Å². The number of nitrogens with zero attached hydrogens (tertiary/aromatic N) is 4. The molecule has 8 heteroatoms. The van der Waals surface area contributed by atoms with Crippen molar-refractivity contribution in [2.24, 2.45) is 12.8 Å². The molecule has 0 spiro atoms. The Hall–Kier alpha value is -2.77.